The second kappa shape index (κ2) is 11.8. The van der Waals surface area contributed by atoms with E-state index in [0.29, 0.717) is 27.0 Å². The van der Waals surface area contributed by atoms with Crippen LogP contribution in [-0.4, -0.2) is 18.4 Å². The van der Waals surface area contributed by atoms with E-state index in [2.05, 4.69) is 10.6 Å². The highest BCUT2D eigenvalue weighted by Crippen LogP contribution is 2.35. The van der Waals surface area contributed by atoms with E-state index in [4.69, 9.17) is 51.1 Å². The molecule has 0 aliphatic carbocycles. The Hall–Kier alpha value is -3.21. The lowest BCUT2D eigenvalue weighted by atomic mass is 10.1. The number of hydrogen-bond acceptors (Lipinski definition) is 4. The first kappa shape index (κ1) is 25.4. The first-order valence-electron chi connectivity index (χ1n) is 9.61. The molecule has 3 aromatic rings. The monoisotopic (exact) mass is 533 g/mol. The summed E-state index contributed by atoms with van der Waals surface area (Å²) in [7, 11) is 0. The summed E-state index contributed by atoms with van der Waals surface area (Å²) in [4.78, 5) is 24.6. The molecule has 0 heterocycles. The molecule has 0 bridgehead atoms. The van der Waals surface area contributed by atoms with E-state index in [1.54, 1.807) is 48.5 Å². The van der Waals surface area contributed by atoms with Gasteiger partial charge in [-0.3, -0.25) is 9.59 Å². The Kier molecular flexibility index (Phi) is 8.80. The second-order valence-electron chi connectivity index (χ2n) is 6.79. The van der Waals surface area contributed by atoms with Gasteiger partial charge in [0.05, 0.1) is 10.0 Å². The first-order valence-corrected chi connectivity index (χ1v) is 11.1. The molecule has 0 radical (unpaired) electrons. The maximum Gasteiger partial charge on any atom is 0.266 e. The minimum Gasteiger partial charge on any atom is -0.481 e. The number of nitrogens with zero attached hydrogens (tertiary/aromatic N) is 1. The number of carbonyl (C=O) groups is 2. The standard InChI is InChI=1S/C24H15Cl4N3O3/c25-16-4-6-18(7-5-16)30-22(32)13-34-23-20(27)9-14(10-21(23)28)8-15(12-29)24(33)31-19-3-1-2-17(26)11-19/h1-11H,13H2,(H,30,32)(H,31,33)/b15-8+. The number of benzene rings is 3. The van der Waals surface area contributed by atoms with Gasteiger partial charge in [-0.1, -0.05) is 52.5 Å². The van der Waals surface area contributed by atoms with Crippen molar-refractivity contribution < 1.29 is 14.3 Å². The van der Waals surface area contributed by atoms with Gasteiger partial charge in [-0.15, -0.1) is 0 Å². The van der Waals surface area contributed by atoms with Crippen LogP contribution in [0.25, 0.3) is 6.08 Å². The lowest BCUT2D eigenvalue weighted by Crippen LogP contribution is -2.20. The summed E-state index contributed by atoms with van der Waals surface area (Å²) in [6, 6.07) is 17.9. The van der Waals surface area contributed by atoms with Crippen LogP contribution in [0.2, 0.25) is 20.1 Å². The van der Waals surface area contributed by atoms with Crippen molar-refractivity contribution in [3.8, 4) is 11.8 Å². The fraction of sp³-hybridized carbons (Fsp3) is 0.0417. The Morgan fingerprint density at radius 3 is 2.18 bits per heavy atom. The minimum atomic E-state index is -0.629. The van der Waals surface area contributed by atoms with Crippen LogP contribution in [0.15, 0.2) is 66.2 Å². The molecule has 0 spiro atoms. The molecule has 0 unspecified atom stereocenters. The summed E-state index contributed by atoms with van der Waals surface area (Å²) >= 11 is 24.3. The molecule has 6 nitrogen and oxygen atoms in total. The number of amides is 2. The molecule has 34 heavy (non-hydrogen) atoms. The third kappa shape index (κ3) is 7.14. The van der Waals surface area contributed by atoms with Crippen LogP contribution in [0.1, 0.15) is 5.56 Å². The van der Waals surface area contributed by atoms with E-state index < -0.39 is 11.8 Å². The third-order valence-electron chi connectivity index (χ3n) is 4.25. The van der Waals surface area contributed by atoms with Crippen LogP contribution in [0, 0.1) is 11.3 Å². The van der Waals surface area contributed by atoms with Crippen molar-refractivity contribution >= 4 is 75.7 Å². The van der Waals surface area contributed by atoms with Crippen molar-refractivity contribution in [3.63, 3.8) is 0 Å². The van der Waals surface area contributed by atoms with E-state index in [1.807, 2.05) is 6.07 Å². The van der Waals surface area contributed by atoms with Crippen LogP contribution in [0.3, 0.4) is 0 Å². The van der Waals surface area contributed by atoms with Crippen molar-refractivity contribution in [2.24, 2.45) is 0 Å². The maximum absolute atomic E-state index is 12.5. The van der Waals surface area contributed by atoms with Gasteiger partial charge in [0.1, 0.15) is 11.6 Å². The summed E-state index contributed by atoms with van der Waals surface area (Å²) in [5.74, 6) is -0.965. The first-order chi connectivity index (χ1) is 16.2. The molecule has 2 N–H and O–H groups in total. The van der Waals surface area contributed by atoms with Crippen LogP contribution in [0.5, 0.6) is 5.75 Å². The largest absolute Gasteiger partial charge is 0.481 e. The van der Waals surface area contributed by atoms with Crippen LogP contribution < -0.4 is 15.4 Å². The molecule has 2 amide bonds. The molecule has 172 valence electrons. The topological polar surface area (TPSA) is 91.2 Å². The molecule has 0 aromatic heterocycles. The van der Waals surface area contributed by atoms with Gasteiger partial charge >= 0.3 is 0 Å². The average molecular weight is 535 g/mol. The van der Waals surface area contributed by atoms with Crippen molar-refractivity contribution in [1.29, 1.82) is 5.26 Å². The number of ether oxygens (including phenoxy) is 1. The molecular formula is C24H15Cl4N3O3. The van der Waals surface area contributed by atoms with Crippen molar-refractivity contribution in [1.82, 2.24) is 0 Å². The van der Waals surface area contributed by atoms with Gasteiger partial charge in [-0.25, -0.2) is 0 Å². The zero-order valence-electron chi connectivity index (χ0n) is 17.2. The van der Waals surface area contributed by atoms with E-state index >= 15 is 0 Å². The number of nitriles is 1. The average Bonchev–Trinajstić information content (AvgIpc) is 2.78. The maximum atomic E-state index is 12.5. The van der Waals surface area contributed by atoms with Gasteiger partial charge in [-0.2, -0.15) is 5.26 Å². The quantitative estimate of drug-likeness (QED) is 0.256. The second-order valence-corrected chi connectivity index (χ2v) is 8.48. The predicted molar refractivity (Wildman–Crippen MR) is 136 cm³/mol. The van der Waals surface area contributed by atoms with E-state index in [9.17, 15) is 14.9 Å². The molecule has 3 rings (SSSR count). The molecule has 0 atom stereocenters. The van der Waals surface area contributed by atoms with Crippen LogP contribution in [-0.2, 0) is 9.59 Å². The summed E-state index contributed by atoms with van der Waals surface area (Å²) in [5.41, 5.74) is 1.21. The number of anilines is 2. The summed E-state index contributed by atoms with van der Waals surface area (Å²) in [5, 5.41) is 15.9. The van der Waals surface area contributed by atoms with Gasteiger partial charge in [0, 0.05) is 21.4 Å². The minimum absolute atomic E-state index is 0.0913. The Bertz CT molecular complexity index is 1280. The lowest BCUT2D eigenvalue weighted by molar-refractivity contribution is -0.118. The van der Waals surface area contributed by atoms with Gasteiger partial charge in [0.2, 0.25) is 0 Å². The molecule has 0 aliphatic heterocycles. The van der Waals surface area contributed by atoms with Crippen molar-refractivity contribution in [2.45, 2.75) is 0 Å². The van der Waals surface area contributed by atoms with Crippen LogP contribution >= 0.6 is 46.4 Å². The molecule has 10 heteroatoms. The van der Waals surface area contributed by atoms with Gasteiger partial charge in [-0.05, 0) is 66.2 Å². The molecule has 0 fully saturated rings. The Labute approximate surface area is 215 Å². The highest BCUT2D eigenvalue weighted by molar-refractivity contribution is 6.37. The van der Waals surface area contributed by atoms with E-state index in [-0.39, 0.29) is 28.0 Å². The van der Waals surface area contributed by atoms with E-state index in [1.165, 1.54) is 18.2 Å². The molecule has 0 saturated carbocycles. The van der Waals surface area contributed by atoms with Gasteiger partial charge in [0.25, 0.3) is 11.8 Å². The fourth-order valence-electron chi connectivity index (χ4n) is 2.75. The predicted octanol–water partition coefficient (Wildman–Crippen LogP) is 6.86. The number of carbonyl (C=O) groups excluding carboxylic acids is 2. The lowest BCUT2D eigenvalue weighted by Gasteiger charge is -2.11. The fourth-order valence-corrected chi connectivity index (χ4v) is 3.68. The highest BCUT2D eigenvalue weighted by atomic mass is 35.5. The Morgan fingerprint density at radius 2 is 1.56 bits per heavy atom. The zero-order chi connectivity index (χ0) is 24.7. The molecular weight excluding hydrogens is 520 g/mol. The number of nitrogens with one attached hydrogen (secondary N) is 2. The van der Waals surface area contributed by atoms with Gasteiger partial charge < -0.3 is 15.4 Å². The normalized spacial score (nSPS) is 10.9. The Balaban J connectivity index is 1.69. The van der Waals surface area contributed by atoms with Gasteiger partial charge in [0.15, 0.2) is 12.4 Å². The number of halogens is 4. The summed E-state index contributed by atoms with van der Waals surface area (Å²) in [6.07, 6.45) is 1.33. The zero-order valence-corrected chi connectivity index (χ0v) is 20.3. The number of rotatable bonds is 7. The van der Waals surface area contributed by atoms with E-state index in [0.717, 1.165) is 0 Å². The highest BCUT2D eigenvalue weighted by Gasteiger charge is 2.14. The SMILES string of the molecule is N#C/C(=C\c1cc(Cl)c(OCC(=O)Nc2ccc(Cl)cc2)c(Cl)c1)C(=O)Nc1cccc(Cl)c1. The Morgan fingerprint density at radius 1 is 0.882 bits per heavy atom. The van der Waals surface area contributed by atoms with Crippen LogP contribution in [0.4, 0.5) is 11.4 Å². The molecule has 0 aliphatic rings. The van der Waals surface area contributed by atoms with Crippen molar-refractivity contribution in [3.05, 3.63) is 91.9 Å². The summed E-state index contributed by atoms with van der Waals surface area (Å²) < 4.78 is 5.47. The molecule has 3 aromatic carbocycles. The smallest absolute Gasteiger partial charge is 0.266 e. The molecule has 0 saturated heterocycles. The van der Waals surface area contributed by atoms with Crippen molar-refractivity contribution in [2.75, 3.05) is 17.2 Å². The summed E-state index contributed by atoms with van der Waals surface area (Å²) in [6.45, 7) is -0.345. The third-order valence-corrected chi connectivity index (χ3v) is 5.30. The number of hydrogen-bond donors (Lipinski definition) is 2.